The lowest BCUT2D eigenvalue weighted by Crippen LogP contribution is -2.16. The van der Waals surface area contributed by atoms with Crippen molar-refractivity contribution in [2.24, 2.45) is 0 Å². The van der Waals surface area contributed by atoms with Crippen LogP contribution in [0.25, 0.3) is 0 Å². The zero-order valence-corrected chi connectivity index (χ0v) is 8.31. The summed E-state index contributed by atoms with van der Waals surface area (Å²) in [4.78, 5) is 29.0. The van der Waals surface area contributed by atoms with Gasteiger partial charge < -0.3 is 10.3 Å². The number of carbonyl (C=O) groups excluding carboxylic acids is 1. The maximum atomic E-state index is 11.7. The fourth-order valence-electron chi connectivity index (χ4n) is 1.21. The Morgan fingerprint density at radius 2 is 2.19 bits per heavy atom. The summed E-state index contributed by atoms with van der Waals surface area (Å²) >= 11 is 0. The van der Waals surface area contributed by atoms with Gasteiger partial charge in [0.2, 0.25) is 5.56 Å². The van der Waals surface area contributed by atoms with E-state index in [2.05, 4.69) is 15.3 Å². The van der Waals surface area contributed by atoms with E-state index in [9.17, 15) is 9.59 Å². The van der Waals surface area contributed by atoms with Gasteiger partial charge in [-0.3, -0.25) is 9.59 Å². The van der Waals surface area contributed by atoms with Crippen molar-refractivity contribution in [1.29, 1.82) is 0 Å². The van der Waals surface area contributed by atoms with Crippen LogP contribution in [-0.4, -0.2) is 15.9 Å². The minimum Gasteiger partial charge on any atom is -0.329 e. The van der Waals surface area contributed by atoms with Gasteiger partial charge in [0.15, 0.2) is 0 Å². The van der Waals surface area contributed by atoms with Crippen molar-refractivity contribution in [2.75, 3.05) is 5.32 Å². The fraction of sp³-hybridized carbons (Fsp3) is 0. The van der Waals surface area contributed by atoms with E-state index < -0.39 is 0 Å². The Bertz CT molecular complexity index is 548. The molecule has 2 rings (SSSR count). The predicted octanol–water partition coefficient (Wildman–Crippen LogP) is 1.02. The van der Waals surface area contributed by atoms with Crippen LogP contribution in [0.1, 0.15) is 10.4 Å². The molecule has 0 aliphatic carbocycles. The lowest BCUT2D eigenvalue weighted by Gasteiger charge is -2.02. The lowest BCUT2D eigenvalue weighted by atomic mass is 10.2. The monoisotopic (exact) mass is 215 g/mol. The van der Waals surface area contributed by atoms with Crippen molar-refractivity contribution in [3.63, 3.8) is 0 Å². The number of nitrogens with one attached hydrogen (secondary N) is 2. The summed E-state index contributed by atoms with van der Waals surface area (Å²) in [5.74, 6) is 0.0950. The standard InChI is InChI=1S/C11H9N3O2/c15-10-7-8(4-6-13-10)11(16)14-9-3-1-2-5-12-9/h1-7H,(H,13,15)(H,12,14,16). The number of anilines is 1. The largest absolute Gasteiger partial charge is 0.329 e. The molecule has 2 aromatic rings. The van der Waals surface area contributed by atoms with E-state index >= 15 is 0 Å². The summed E-state index contributed by atoms with van der Waals surface area (Å²) < 4.78 is 0. The Morgan fingerprint density at radius 1 is 1.31 bits per heavy atom. The summed E-state index contributed by atoms with van der Waals surface area (Å²) in [6.07, 6.45) is 3.00. The van der Waals surface area contributed by atoms with Crippen LogP contribution in [-0.2, 0) is 0 Å². The van der Waals surface area contributed by atoms with Gasteiger partial charge in [-0.2, -0.15) is 0 Å². The topological polar surface area (TPSA) is 74.8 Å². The van der Waals surface area contributed by atoms with Gasteiger partial charge >= 0.3 is 0 Å². The molecule has 80 valence electrons. The SMILES string of the molecule is O=C(Nc1ccccn1)c1cc[nH]c(=O)c1. The zero-order valence-electron chi connectivity index (χ0n) is 8.31. The van der Waals surface area contributed by atoms with Crippen LogP contribution in [0.3, 0.4) is 0 Å². The highest BCUT2D eigenvalue weighted by Gasteiger charge is 2.06. The molecule has 2 N–H and O–H groups in total. The summed E-state index contributed by atoms with van der Waals surface area (Å²) in [5.41, 5.74) is -0.0110. The third kappa shape index (κ3) is 2.33. The summed E-state index contributed by atoms with van der Waals surface area (Å²) in [6.45, 7) is 0. The minimum atomic E-state index is -0.357. The second-order valence-corrected chi connectivity index (χ2v) is 3.11. The molecular weight excluding hydrogens is 206 g/mol. The van der Waals surface area contributed by atoms with Crippen LogP contribution in [0.2, 0.25) is 0 Å². The Kier molecular flexibility index (Phi) is 2.77. The zero-order chi connectivity index (χ0) is 11.4. The first-order valence-corrected chi connectivity index (χ1v) is 4.67. The van der Waals surface area contributed by atoms with Crippen molar-refractivity contribution in [2.45, 2.75) is 0 Å². The van der Waals surface area contributed by atoms with Crippen molar-refractivity contribution >= 4 is 11.7 Å². The molecule has 0 aliphatic heterocycles. The lowest BCUT2D eigenvalue weighted by molar-refractivity contribution is 0.102. The van der Waals surface area contributed by atoms with Crippen molar-refractivity contribution < 1.29 is 4.79 Å². The van der Waals surface area contributed by atoms with Gasteiger partial charge in [0.1, 0.15) is 5.82 Å². The highest BCUT2D eigenvalue weighted by atomic mass is 16.2. The van der Waals surface area contributed by atoms with Gasteiger partial charge in [0, 0.05) is 24.0 Å². The third-order valence-corrected chi connectivity index (χ3v) is 1.94. The van der Waals surface area contributed by atoms with Crippen LogP contribution in [0.4, 0.5) is 5.82 Å². The molecule has 2 aromatic heterocycles. The van der Waals surface area contributed by atoms with E-state index in [1.807, 2.05) is 0 Å². The average Bonchev–Trinajstić information content (AvgIpc) is 2.30. The Hall–Kier alpha value is -2.43. The number of aromatic amines is 1. The number of rotatable bonds is 2. The molecule has 2 heterocycles. The Balaban J connectivity index is 2.18. The molecule has 0 aromatic carbocycles. The van der Waals surface area contributed by atoms with Gasteiger partial charge in [-0.25, -0.2) is 4.98 Å². The van der Waals surface area contributed by atoms with E-state index in [0.717, 1.165) is 0 Å². The fourth-order valence-corrected chi connectivity index (χ4v) is 1.21. The normalized spacial score (nSPS) is 9.75. The van der Waals surface area contributed by atoms with Crippen molar-refractivity contribution in [3.05, 3.63) is 58.6 Å². The predicted molar refractivity (Wildman–Crippen MR) is 59.3 cm³/mol. The van der Waals surface area contributed by atoms with Crippen LogP contribution in [0, 0.1) is 0 Å². The number of aromatic nitrogens is 2. The third-order valence-electron chi connectivity index (χ3n) is 1.94. The molecule has 0 saturated carbocycles. The molecular formula is C11H9N3O2. The van der Waals surface area contributed by atoms with Gasteiger partial charge in [-0.15, -0.1) is 0 Å². The smallest absolute Gasteiger partial charge is 0.257 e. The minimum absolute atomic E-state index is 0.300. The molecule has 0 unspecified atom stereocenters. The number of pyridine rings is 2. The van der Waals surface area contributed by atoms with E-state index in [4.69, 9.17) is 0 Å². The summed E-state index contributed by atoms with van der Waals surface area (Å²) in [6, 6.07) is 7.95. The molecule has 5 heteroatoms. The number of carbonyl (C=O) groups is 1. The van der Waals surface area contributed by atoms with Gasteiger partial charge in [0.05, 0.1) is 0 Å². The number of hydrogen-bond donors (Lipinski definition) is 2. The quantitative estimate of drug-likeness (QED) is 0.785. The molecule has 0 atom stereocenters. The van der Waals surface area contributed by atoms with Gasteiger partial charge in [0.25, 0.3) is 5.91 Å². The number of amides is 1. The average molecular weight is 215 g/mol. The molecule has 5 nitrogen and oxygen atoms in total. The molecule has 0 radical (unpaired) electrons. The van der Waals surface area contributed by atoms with Crippen LogP contribution < -0.4 is 10.9 Å². The van der Waals surface area contributed by atoms with Crippen molar-refractivity contribution in [3.8, 4) is 0 Å². The number of hydrogen-bond acceptors (Lipinski definition) is 3. The van der Waals surface area contributed by atoms with E-state index in [1.54, 1.807) is 24.4 Å². The maximum absolute atomic E-state index is 11.7. The first kappa shape index (κ1) is 10.1. The maximum Gasteiger partial charge on any atom is 0.257 e. The molecule has 0 aliphatic rings. The molecule has 1 amide bonds. The molecule has 0 saturated heterocycles. The van der Waals surface area contributed by atoms with Gasteiger partial charge in [-0.1, -0.05) is 6.07 Å². The Labute approximate surface area is 91.2 Å². The number of H-pyrrole nitrogens is 1. The van der Waals surface area contributed by atoms with E-state index in [-0.39, 0.29) is 11.5 Å². The molecule has 0 spiro atoms. The molecule has 0 bridgehead atoms. The molecule has 16 heavy (non-hydrogen) atoms. The summed E-state index contributed by atoms with van der Waals surface area (Å²) in [5, 5.41) is 2.58. The van der Waals surface area contributed by atoms with E-state index in [1.165, 1.54) is 18.3 Å². The van der Waals surface area contributed by atoms with Crippen LogP contribution in [0.5, 0.6) is 0 Å². The Morgan fingerprint density at radius 3 is 2.88 bits per heavy atom. The summed E-state index contributed by atoms with van der Waals surface area (Å²) in [7, 11) is 0. The van der Waals surface area contributed by atoms with Gasteiger partial charge in [-0.05, 0) is 18.2 Å². The first-order chi connectivity index (χ1) is 7.75. The van der Waals surface area contributed by atoms with Crippen molar-refractivity contribution in [1.82, 2.24) is 9.97 Å². The van der Waals surface area contributed by atoms with Crippen LogP contribution >= 0.6 is 0 Å². The highest BCUT2D eigenvalue weighted by molar-refractivity contribution is 6.03. The second-order valence-electron chi connectivity index (χ2n) is 3.11. The second kappa shape index (κ2) is 4.39. The first-order valence-electron chi connectivity index (χ1n) is 4.67. The highest BCUT2D eigenvalue weighted by Crippen LogP contribution is 2.03. The number of nitrogens with zero attached hydrogens (tertiary/aromatic N) is 1. The molecule has 0 fully saturated rings. The van der Waals surface area contributed by atoms with Crippen LogP contribution in [0.15, 0.2) is 47.5 Å². The van der Waals surface area contributed by atoms with E-state index in [0.29, 0.717) is 11.4 Å².